The molecule has 7 heteroatoms. The van der Waals surface area contributed by atoms with Gasteiger partial charge in [-0.3, -0.25) is 4.79 Å². The van der Waals surface area contributed by atoms with E-state index in [0.717, 1.165) is 0 Å². The Kier molecular flexibility index (Phi) is 6.83. The maximum Gasteiger partial charge on any atom is 0.471 e. The molecular weight excluding hydrogens is 362 g/mol. The quantitative estimate of drug-likeness (QED) is 0.624. The largest absolute Gasteiger partial charge is 0.490 e. The number of carbonyl (C=O) groups is 1. The summed E-state index contributed by atoms with van der Waals surface area (Å²) in [6.07, 6.45) is -4.64. The molecule has 2 rings (SSSR count). The SMILES string of the molecule is CC(CC#Cc1ccc(CNC(=O)C(F)(F)F)cc1)Oc1ccc(F)cc1. The first kappa shape index (κ1) is 20.3. The third-order valence-electron chi connectivity index (χ3n) is 3.44. The van der Waals surface area contributed by atoms with E-state index in [0.29, 0.717) is 23.3 Å². The van der Waals surface area contributed by atoms with Crippen molar-refractivity contribution in [3.8, 4) is 17.6 Å². The van der Waals surface area contributed by atoms with Crippen molar-refractivity contribution in [2.24, 2.45) is 0 Å². The van der Waals surface area contributed by atoms with Crippen LogP contribution in [0.5, 0.6) is 5.75 Å². The molecule has 3 nitrogen and oxygen atoms in total. The van der Waals surface area contributed by atoms with Gasteiger partial charge in [0.2, 0.25) is 0 Å². The average Bonchev–Trinajstić information content (AvgIpc) is 2.62. The molecule has 1 unspecified atom stereocenters. The van der Waals surface area contributed by atoms with Crippen LogP contribution in [0.4, 0.5) is 17.6 Å². The molecule has 1 amide bonds. The normalized spacial score (nSPS) is 11.9. The van der Waals surface area contributed by atoms with Gasteiger partial charge in [0.15, 0.2) is 0 Å². The van der Waals surface area contributed by atoms with E-state index in [4.69, 9.17) is 4.74 Å². The van der Waals surface area contributed by atoms with Gasteiger partial charge in [-0.15, -0.1) is 0 Å². The summed E-state index contributed by atoms with van der Waals surface area (Å²) in [5, 5.41) is 1.80. The Morgan fingerprint density at radius 2 is 1.74 bits per heavy atom. The third kappa shape index (κ3) is 7.02. The summed E-state index contributed by atoms with van der Waals surface area (Å²) in [5.74, 6) is 4.13. The number of amides is 1. The summed E-state index contributed by atoms with van der Waals surface area (Å²) in [4.78, 5) is 10.8. The molecular formula is C20H17F4NO2. The molecule has 0 saturated heterocycles. The number of carbonyl (C=O) groups excluding carboxylic acids is 1. The predicted octanol–water partition coefficient (Wildman–Crippen LogP) is 4.21. The summed E-state index contributed by atoms with van der Waals surface area (Å²) in [6.45, 7) is 1.62. The van der Waals surface area contributed by atoms with Crippen LogP contribution in [0.2, 0.25) is 0 Å². The molecule has 0 aromatic heterocycles. The number of halogens is 4. The summed E-state index contributed by atoms with van der Waals surface area (Å²) < 4.78 is 54.8. The van der Waals surface area contributed by atoms with Crippen molar-refractivity contribution in [1.29, 1.82) is 0 Å². The standard InChI is InChI=1S/C20H17F4NO2/c1-14(27-18-11-9-17(21)10-12-18)3-2-4-15-5-7-16(8-6-15)13-25-19(26)20(22,23)24/h5-12,14H,3,13H2,1H3,(H,25,26). The fourth-order valence-electron chi connectivity index (χ4n) is 2.07. The zero-order chi connectivity index (χ0) is 19.9. The van der Waals surface area contributed by atoms with Crippen molar-refractivity contribution in [1.82, 2.24) is 5.32 Å². The van der Waals surface area contributed by atoms with Crippen molar-refractivity contribution in [3.63, 3.8) is 0 Å². The monoisotopic (exact) mass is 379 g/mol. The Labute approximate surface area is 154 Å². The molecule has 1 atom stereocenters. The van der Waals surface area contributed by atoms with Gasteiger partial charge in [-0.25, -0.2) is 4.39 Å². The van der Waals surface area contributed by atoms with E-state index in [1.54, 1.807) is 29.6 Å². The van der Waals surface area contributed by atoms with Gasteiger partial charge in [-0.1, -0.05) is 24.0 Å². The average molecular weight is 379 g/mol. The van der Waals surface area contributed by atoms with E-state index in [1.807, 2.05) is 6.92 Å². The Balaban J connectivity index is 1.82. The molecule has 0 aliphatic heterocycles. The van der Waals surface area contributed by atoms with E-state index in [9.17, 15) is 22.4 Å². The maximum absolute atomic E-state index is 12.8. The Morgan fingerprint density at radius 3 is 2.33 bits per heavy atom. The molecule has 0 aliphatic carbocycles. The van der Waals surface area contributed by atoms with Gasteiger partial charge in [-0.2, -0.15) is 13.2 Å². The van der Waals surface area contributed by atoms with Crippen molar-refractivity contribution < 1.29 is 27.1 Å². The minimum absolute atomic E-state index is 0.195. The van der Waals surface area contributed by atoms with Gasteiger partial charge < -0.3 is 10.1 Å². The summed E-state index contributed by atoms with van der Waals surface area (Å²) in [7, 11) is 0. The molecule has 0 bridgehead atoms. The fraction of sp³-hybridized carbons (Fsp3) is 0.250. The van der Waals surface area contributed by atoms with E-state index in [-0.39, 0.29) is 18.5 Å². The van der Waals surface area contributed by atoms with Crippen LogP contribution in [0.15, 0.2) is 48.5 Å². The first-order chi connectivity index (χ1) is 12.7. The minimum Gasteiger partial charge on any atom is -0.490 e. The highest BCUT2D eigenvalue weighted by Crippen LogP contribution is 2.15. The van der Waals surface area contributed by atoms with Gasteiger partial charge in [0.25, 0.3) is 0 Å². The van der Waals surface area contributed by atoms with Crippen molar-refractivity contribution >= 4 is 5.91 Å². The van der Waals surface area contributed by atoms with Crippen LogP contribution in [0.25, 0.3) is 0 Å². The molecule has 1 N–H and O–H groups in total. The van der Waals surface area contributed by atoms with Crippen molar-refractivity contribution in [3.05, 3.63) is 65.5 Å². The lowest BCUT2D eigenvalue weighted by Gasteiger charge is -2.11. The highest BCUT2D eigenvalue weighted by molar-refractivity contribution is 5.81. The molecule has 142 valence electrons. The first-order valence-electron chi connectivity index (χ1n) is 8.09. The van der Waals surface area contributed by atoms with Crippen LogP contribution in [0.3, 0.4) is 0 Å². The number of ether oxygens (including phenoxy) is 1. The number of hydrogen-bond acceptors (Lipinski definition) is 2. The fourth-order valence-corrected chi connectivity index (χ4v) is 2.07. The van der Waals surface area contributed by atoms with Crippen LogP contribution in [0, 0.1) is 17.7 Å². The van der Waals surface area contributed by atoms with Gasteiger partial charge in [0.05, 0.1) is 0 Å². The predicted molar refractivity (Wildman–Crippen MR) is 92.3 cm³/mol. The molecule has 0 heterocycles. The highest BCUT2D eigenvalue weighted by Gasteiger charge is 2.38. The second-order valence-electron chi connectivity index (χ2n) is 5.77. The van der Waals surface area contributed by atoms with E-state index in [2.05, 4.69) is 11.8 Å². The number of nitrogens with one attached hydrogen (secondary N) is 1. The second-order valence-corrected chi connectivity index (χ2v) is 5.77. The van der Waals surface area contributed by atoms with Crippen LogP contribution in [-0.2, 0) is 11.3 Å². The van der Waals surface area contributed by atoms with Crippen LogP contribution in [0.1, 0.15) is 24.5 Å². The molecule has 0 saturated carbocycles. The van der Waals surface area contributed by atoms with Gasteiger partial charge in [0, 0.05) is 18.5 Å². The van der Waals surface area contributed by atoms with Crippen LogP contribution >= 0.6 is 0 Å². The highest BCUT2D eigenvalue weighted by atomic mass is 19.4. The lowest BCUT2D eigenvalue weighted by molar-refractivity contribution is -0.173. The van der Waals surface area contributed by atoms with Crippen LogP contribution < -0.4 is 10.1 Å². The number of hydrogen-bond donors (Lipinski definition) is 1. The summed E-state index contributed by atoms with van der Waals surface area (Å²) in [5.41, 5.74) is 1.22. The lowest BCUT2D eigenvalue weighted by Crippen LogP contribution is -2.36. The zero-order valence-corrected chi connectivity index (χ0v) is 14.4. The molecule has 2 aromatic carbocycles. The molecule has 2 aromatic rings. The first-order valence-corrected chi connectivity index (χ1v) is 8.09. The molecule has 0 radical (unpaired) electrons. The van der Waals surface area contributed by atoms with Gasteiger partial charge in [-0.05, 0) is 48.9 Å². The summed E-state index contributed by atoms with van der Waals surface area (Å²) in [6, 6.07) is 12.2. The van der Waals surface area contributed by atoms with Crippen LogP contribution in [-0.4, -0.2) is 18.2 Å². The number of alkyl halides is 3. The zero-order valence-electron chi connectivity index (χ0n) is 14.4. The van der Waals surface area contributed by atoms with Crippen molar-refractivity contribution in [2.75, 3.05) is 0 Å². The molecule has 0 aliphatic rings. The minimum atomic E-state index is -4.89. The van der Waals surface area contributed by atoms with E-state index in [1.165, 1.54) is 24.3 Å². The number of rotatable bonds is 5. The maximum atomic E-state index is 12.8. The van der Waals surface area contributed by atoms with E-state index < -0.39 is 12.1 Å². The van der Waals surface area contributed by atoms with Gasteiger partial charge >= 0.3 is 12.1 Å². The molecule has 0 fully saturated rings. The Bertz CT molecular complexity index is 818. The van der Waals surface area contributed by atoms with E-state index >= 15 is 0 Å². The van der Waals surface area contributed by atoms with Crippen molar-refractivity contribution in [2.45, 2.75) is 32.2 Å². The van der Waals surface area contributed by atoms with Gasteiger partial charge in [0.1, 0.15) is 17.7 Å². The molecule has 27 heavy (non-hydrogen) atoms. The second kappa shape index (κ2) is 9.08. The lowest BCUT2D eigenvalue weighted by atomic mass is 10.1. The Morgan fingerprint density at radius 1 is 1.11 bits per heavy atom. The topological polar surface area (TPSA) is 38.3 Å². The number of benzene rings is 2. The molecule has 0 spiro atoms. The smallest absolute Gasteiger partial charge is 0.471 e. The Hall–Kier alpha value is -3.01. The third-order valence-corrected chi connectivity index (χ3v) is 3.44. The summed E-state index contributed by atoms with van der Waals surface area (Å²) >= 11 is 0.